The Kier molecular flexibility index (Phi) is 9.60. The van der Waals surface area contributed by atoms with Crippen LogP contribution in [-0.2, 0) is 38.1 Å². The zero-order chi connectivity index (χ0) is 17.9. The molecule has 0 fully saturated rings. The Labute approximate surface area is 135 Å². The number of ether oxygens (including phenoxy) is 4. The summed E-state index contributed by atoms with van der Waals surface area (Å²) >= 11 is 0. The highest BCUT2D eigenvalue weighted by Gasteiger charge is 2.53. The quantitative estimate of drug-likeness (QED) is 0.331. The van der Waals surface area contributed by atoms with Crippen molar-refractivity contribution in [3.63, 3.8) is 0 Å². The second kappa shape index (κ2) is 10.6. The van der Waals surface area contributed by atoms with E-state index in [0.717, 1.165) is 0 Å². The minimum Gasteiger partial charge on any atom is -0.466 e. The number of rotatable bonds is 10. The van der Waals surface area contributed by atoms with Gasteiger partial charge in [0.25, 0.3) is 0 Å². The molecule has 8 nitrogen and oxygen atoms in total. The summed E-state index contributed by atoms with van der Waals surface area (Å²) in [6.07, 6.45) is -1.31. The third-order valence-electron chi connectivity index (χ3n) is 2.84. The van der Waals surface area contributed by atoms with Crippen LogP contribution in [0.1, 0.15) is 40.5 Å². The molecule has 0 atom stereocenters. The van der Waals surface area contributed by atoms with Gasteiger partial charge in [-0.3, -0.25) is 19.2 Å². The van der Waals surface area contributed by atoms with Gasteiger partial charge in [0.15, 0.2) is 5.41 Å². The maximum Gasteiger partial charge on any atom is 0.324 e. The molecule has 0 rings (SSSR count). The van der Waals surface area contributed by atoms with Gasteiger partial charge in [0.2, 0.25) is 0 Å². The fourth-order valence-electron chi connectivity index (χ4n) is 1.89. The van der Waals surface area contributed by atoms with Crippen molar-refractivity contribution in [1.29, 1.82) is 0 Å². The van der Waals surface area contributed by atoms with Gasteiger partial charge in [0.1, 0.15) is 0 Å². The average Bonchev–Trinajstić information content (AvgIpc) is 2.47. The molecule has 0 aliphatic rings. The minimum absolute atomic E-state index is 0.0222. The standard InChI is InChI=1S/C15H24O8/c1-5-20-11(16)9-15(13(18)22-7-3,14(19)23-8-4)10-12(17)21-6-2/h5-10H2,1-4H3. The zero-order valence-electron chi connectivity index (χ0n) is 14.0. The van der Waals surface area contributed by atoms with Gasteiger partial charge in [-0.25, -0.2) is 0 Å². The van der Waals surface area contributed by atoms with Gasteiger partial charge < -0.3 is 18.9 Å². The van der Waals surface area contributed by atoms with E-state index in [1.165, 1.54) is 0 Å². The van der Waals surface area contributed by atoms with E-state index in [1.54, 1.807) is 27.7 Å². The van der Waals surface area contributed by atoms with Crippen molar-refractivity contribution in [2.75, 3.05) is 26.4 Å². The lowest BCUT2D eigenvalue weighted by molar-refractivity contribution is -0.181. The lowest BCUT2D eigenvalue weighted by Crippen LogP contribution is -2.46. The van der Waals surface area contributed by atoms with Gasteiger partial charge in [-0.2, -0.15) is 0 Å². The molecule has 0 amide bonds. The maximum absolute atomic E-state index is 12.3. The van der Waals surface area contributed by atoms with Crippen LogP contribution in [0.15, 0.2) is 0 Å². The van der Waals surface area contributed by atoms with Crippen molar-refractivity contribution >= 4 is 23.9 Å². The highest BCUT2D eigenvalue weighted by Crippen LogP contribution is 2.32. The summed E-state index contributed by atoms with van der Waals surface area (Å²) in [5.41, 5.74) is -2.11. The molecular formula is C15H24O8. The fraction of sp³-hybridized carbons (Fsp3) is 0.733. The van der Waals surface area contributed by atoms with Gasteiger partial charge in [-0.05, 0) is 27.7 Å². The molecule has 0 bridgehead atoms. The molecule has 0 aromatic carbocycles. The fourth-order valence-corrected chi connectivity index (χ4v) is 1.89. The largest absolute Gasteiger partial charge is 0.466 e. The maximum atomic E-state index is 12.3. The van der Waals surface area contributed by atoms with Crippen LogP contribution in [0.3, 0.4) is 0 Å². The first-order valence-corrected chi connectivity index (χ1v) is 7.53. The first-order valence-electron chi connectivity index (χ1n) is 7.53. The van der Waals surface area contributed by atoms with Crippen molar-refractivity contribution in [3.05, 3.63) is 0 Å². The third-order valence-corrected chi connectivity index (χ3v) is 2.84. The van der Waals surface area contributed by atoms with Gasteiger partial charge in [0.05, 0.1) is 39.3 Å². The highest BCUT2D eigenvalue weighted by atomic mass is 16.6. The molecule has 0 aliphatic carbocycles. The first-order chi connectivity index (χ1) is 10.9. The Bertz CT molecular complexity index is 389. The van der Waals surface area contributed by atoms with Crippen LogP contribution in [0.4, 0.5) is 0 Å². The molecule has 0 heterocycles. The zero-order valence-corrected chi connectivity index (χ0v) is 14.0. The van der Waals surface area contributed by atoms with Gasteiger partial charge in [-0.15, -0.1) is 0 Å². The number of carbonyl (C=O) groups excluding carboxylic acids is 4. The van der Waals surface area contributed by atoms with E-state index in [2.05, 4.69) is 0 Å². The molecule has 0 unspecified atom stereocenters. The van der Waals surface area contributed by atoms with Crippen LogP contribution in [0, 0.1) is 5.41 Å². The summed E-state index contributed by atoms with van der Waals surface area (Å²) < 4.78 is 19.3. The van der Waals surface area contributed by atoms with Crippen LogP contribution in [-0.4, -0.2) is 50.3 Å². The number of esters is 4. The molecule has 132 valence electrons. The number of hydrogen-bond acceptors (Lipinski definition) is 8. The van der Waals surface area contributed by atoms with Crippen molar-refractivity contribution in [3.8, 4) is 0 Å². The molecule has 0 aliphatic heterocycles. The van der Waals surface area contributed by atoms with Crippen molar-refractivity contribution < 1.29 is 38.1 Å². The molecular weight excluding hydrogens is 308 g/mol. The Morgan fingerprint density at radius 3 is 1.17 bits per heavy atom. The highest BCUT2D eigenvalue weighted by molar-refractivity contribution is 6.05. The van der Waals surface area contributed by atoms with Gasteiger partial charge in [0, 0.05) is 0 Å². The van der Waals surface area contributed by atoms with E-state index in [-0.39, 0.29) is 26.4 Å². The Balaban J connectivity index is 5.67. The Hall–Kier alpha value is -2.12. The lowest BCUT2D eigenvalue weighted by atomic mass is 9.81. The third kappa shape index (κ3) is 6.25. The van der Waals surface area contributed by atoms with Gasteiger partial charge in [-0.1, -0.05) is 0 Å². The summed E-state index contributed by atoms with van der Waals surface area (Å²) in [7, 11) is 0. The summed E-state index contributed by atoms with van der Waals surface area (Å²) in [4.78, 5) is 48.3. The van der Waals surface area contributed by atoms with Crippen LogP contribution in [0.25, 0.3) is 0 Å². The normalized spacial score (nSPS) is 10.6. The summed E-state index contributed by atoms with van der Waals surface area (Å²) in [5, 5.41) is 0. The lowest BCUT2D eigenvalue weighted by Gasteiger charge is -2.27. The summed E-state index contributed by atoms with van der Waals surface area (Å²) in [6.45, 7) is 6.35. The van der Waals surface area contributed by atoms with E-state index in [1.807, 2.05) is 0 Å². The van der Waals surface area contributed by atoms with Crippen molar-refractivity contribution in [2.24, 2.45) is 5.41 Å². The van der Waals surface area contributed by atoms with E-state index in [9.17, 15) is 19.2 Å². The number of hydrogen-bond donors (Lipinski definition) is 0. The smallest absolute Gasteiger partial charge is 0.324 e. The second-order valence-corrected chi connectivity index (χ2v) is 4.49. The second-order valence-electron chi connectivity index (χ2n) is 4.49. The molecule has 0 saturated heterocycles. The van der Waals surface area contributed by atoms with Crippen molar-refractivity contribution in [2.45, 2.75) is 40.5 Å². The molecule has 0 aromatic rings. The first kappa shape index (κ1) is 20.9. The minimum atomic E-state index is -2.11. The van der Waals surface area contributed by atoms with E-state index in [4.69, 9.17) is 18.9 Å². The average molecular weight is 332 g/mol. The molecule has 8 heteroatoms. The predicted octanol–water partition coefficient (Wildman–Crippen LogP) is 1.01. The molecule has 0 spiro atoms. The molecule has 0 saturated carbocycles. The molecule has 23 heavy (non-hydrogen) atoms. The SMILES string of the molecule is CCOC(=O)CC(CC(=O)OCC)(C(=O)OCC)C(=O)OCC. The predicted molar refractivity (Wildman–Crippen MR) is 78.2 cm³/mol. The summed E-state index contributed by atoms with van der Waals surface area (Å²) in [5.74, 6) is -3.64. The number of carbonyl (C=O) groups is 4. The Morgan fingerprint density at radius 1 is 0.609 bits per heavy atom. The summed E-state index contributed by atoms with van der Waals surface area (Å²) in [6, 6.07) is 0. The van der Waals surface area contributed by atoms with E-state index in [0.29, 0.717) is 0 Å². The van der Waals surface area contributed by atoms with Gasteiger partial charge >= 0.3 is 23.9 Å². The Morgan fingerprint density at radius 2 is 0.913 bits per heavy atom. The topological polar surface area (TPSA) is 105 Å². The molecule has 0 N–H and O–H groups in total. The van der Waals surface area contributed by atoms with Crippen LogP contribution in [0.2, 0.25) is 0 Å². The molecule has 0 radical (unpaired) electrons. The monoisotopic (exact) mass is 332 g/mol. The van der Waals surface area contributed by atoms with E-state index >= 15 is 0 Å². The van der Waals surface area contributed by atoms with Crippen LogP contribution < -0.4 is 0 Å². The van der Waals surface area contributed by atoms with Crippen molar-refractivity contribution in [1.82, 2.24) is 0 Å². The van der Waals surface area contributed by atoms with Crippen LogP contribution in [0.5, 0.6) is 0 Å². The van der Waals surface area contributed by atoms with Crippen LogP contribution >= 0.6 is 0 Å². The molecule has 0 aromatic heterocycles. The van der Waals surface area contributed by atoms with E-state index < -0.39 is 42.1 Å².